The van der Waals surface area contributed by atoms with Gasteiger partial charge in [0.05, 0.1) is 0 Å². The van der Waals surface area contributed by atoms with Gasteiger partial charge in [-0.3, -0.25) is 4.79 Å². The Kier molecular flexibility index (Phi) is 11.4. The van der Waals surface area contributed by atoms with E-state index < -0.39 is 18.6 Å². The van der Waals surface area contributed by atoms with Crippen LogP contribution in [0.25, 0.3) is 22.8 Å². The van der Waals surface area contributed by atoms with Gasteiger partial charge in [0, 0.05) is 35.7 Å². The molecular weight excluding hydrogens is 516 g/mol. The minimum atomic E-state index is -0.905. The summed E-state index contributed by atoms with van der Waals surface area (Å²) in [6, 6.07) is 10.2. The molecule has 1 atom stereocenters. The first kappa shape index (κ1) is 30.6. The number of benzene rings is 2. The van der Waals surface area contributed by atoms with Gasteiger partial charge < -0.3 is 29.7 Å². The normalized spacial score (nSPS) is 12.3. The second kappa shape index (κ2) is 14.5. The number of rotatable bonds is 14. The van der Waals surface area contributed by atoms with Crippen LogP contribution in [0.1, 0.15) is 37.5 Å². The maximum Gasteiger partial charge on any atom is 0.258 e. The highest BCUT2D eigenvalue weighted by Crippen LogP contribution is 2.32. The minimum absolute atomic E-state index is 0.00248. The molecule has 1 heterocycles. The fraction of sp³-hybridized carbons (Fsp3) is 0.483. The van der Waals surface area contributed by atoms with E-state index in [2.05, 4.69) is 59.6 Å². The molecule has 0 spiro atoms. The third-order valence-electron chi connectivity index (χ3n) is 6.17. The van der Waals surface area contributed by atoms with Crippen molar-refractivity contribution >= 4 is 17.7 Å². The molecule has 1 amide bonds. The summed E-state index contributed by atoms with van der Waals surface area (Å²) in [7, 11) is 2.14. The topological polar surface area (TPSA) is 121 Å². The van der Waals surface area contributed by atoms with E-state index in [1.165, 1.54) is 10.5 Å². The molecular formula is C29H40N4O5S. The van der Waals surface area contributed by atoms with Crippen molar-refractivity contribution in [2.24, 2.45) is 5.92 Å². The summed E-state index contributed by atoms with van der Waals surface area (Å²) in [4.78, 5) is 19.4. The number of hydrogen-bond donors (Lipinski definition) is 3. The van der Waals surface area contributed by atoms with Gasteiger partial charge in [0.25, 0.3) is 5.89 Å². The SMILES string of the molecule is CCc1cc(-c2noc(-c3ccc(CN(C)CC(C)C)c(SC)c3)n2)cc(C)c1OC[C@@H](O)CNC(=O)CO. The van der Waals surface area contributed by atoms with Gasteiger partial charge in [-0.05, 0) is 73.5 Å². The molecule has 0 saturated carbocycles. The largest absolute Gasteiger partial charge is 0.490 e. The molecule has 212 valence electrons. The number of aromatic nitrogens is 2. The first-order valence-corrected chi connectivity index (χ1v) is 14.4. The lowest BCUT2D eigenvalue weighted by molar-refractivity contribution is -0.124. The van der Waals surface area contributed by atoms with E-state index in [0.29, 0.717) is 29.8 Å². The van der Waals surface area contributed by atoms with Crippen LogP contribution in [-0.2, 0) is 17.8 Å². The van der Waals surface area contributed by atoms with Crippen molar-refractivity contribution in [3.8, 4) is 28.6 Å². The summed E-state index contributed by atoms with van der Waals surface area (Å²) in [5.74, 6) is 1.71. The van der Waals surface area contributed by atoms with Crippen LogP contribution >= 0.6 is 11.8 Å². The summed E-state index contributed by atoms with van der Waals surface area (Å²) < 4.78 is 11.6. The molecule has 3 N–H and O–H groups in total. The lowest BCUT2D eigenvalue weighted by Gasteiger charge is -2.20. The average Bonchev–Trinajstić information content (AvgIpc) is 3.40. The Morgan fingerprint density at radius 1 is 1.21 bits per heavy atom. The van der Waals surface area contributed by atoms with Crippen LogP contribution in [0.4, 0.5) is 0 Å². The Balaban J connectivity index is 1.76. The lowest BCUT2D eigenvalue weighted by Crippen LogP contribution is -2.36. The van der Waals surface area contributed by atoms with Crippen molar-refractivity contribution in [2.45, 2.75) is 51.7 Å². The molecule has 2 aromatic carbocycles. The highest BCUT2D eigenvalue weighted by atomic mass is 32.2. The zero-order chi connectivity index (χ0) is 28.5. The molecule has 0 radical (unpaired) electrons. The third-order valence-corrected chi connectivity index (χ3v) is 6.99. The number of nitrogens with zero attached hydrogens (tertiary/aromatic N) is 3. The zero-order valence-corrected chi connectivity index (χ0v) is 24.5. The van der Waals surface area contributed by atoms with Crippen LogP contribution in [0.2, 0.25) is 0 Å². The molecule has 1 aromatic heterocycles. The molecule has 0 aliphatic heterocycles. The van der Waals surface area contributed by atoms with Crippen molar-refractivity contribution in [3.05, 3.63) is 47.0 Å². The van der Waals surface area contributed by atoms with Crippen LogP contribution in [0, 0.1) is 12.8 Å². The molecule has 0 fully saturated rings. The molecule has 10 heteroatoms. The number of thioether (sulfide) groups is 1. The van der Waals surface area contributed by atoms with Gasteiger partial charge in [-0.1, -0.05) is 32.0 Å². The predicted molar refractivity (Wildman–Crippen MR) is 154 cm³/mol. The highest BCUT2D eigenvalue weighted by Gasteiger charge is 2.17. The van der Waals surface area contributed by atoms with Gasteiger partial charge in [-0.15, -0.1) is 11.8 Å². The quantitative estimate of drug-likeness (QED) is 0.254. The molecule has 39 heavy (non-hydrogen) atoms. The van der Waals surface area contributed by atoms with Gasteiger partial charge in [-0.2, -0.15) is 4.98 Å². The molecule has 3 aromatic rings. The molecule has 0 saturated heterocycles. The van der Waals surface area contributed by atoms with E-state index in [1.54, 1.807) is 11.8 Å². The number of hydrogen-bond acceptors (Lipinski definition) is 9. The van der Waals surface area contributed by atoms with Crippen LogP contribution in [0.5, 0.6) is 5.75 Å². The van der Waals surface area contributed by atoms with E-state index in [-0.39, 0.29) is 13.2 Å². The number of ether oxygens (including phenoxy) is 1. The number of carbonyl (C=O) groups is 1. The number of carbonyl (C=O) groups excluding carboxylic acids is 1. The van der Waals surface area contributed by atoms with Gasteiger partial charge in [0.15, 0.2) is 0 Å². The molecule has 0 bridgehead atoms. The number of aryl methyl sites for hydroxylation is 2. The van der Waals surface area contributed by atoms with Crippen LogP contribution in [0.15, 0.2) is 39.8 Å². The summed E-state index contributed by atoms with van der Waals surface area (Å²) >= 11 is 1.71. The fourth-order valence-corrected chi connectivity index (χ4v) is 5.06. The summed E-state index contributed by atoms with van der Waals surface area (Å²) in [5.41, 5.74) is 4.79. The minimum Gasteiger partial charge on any atom is -0.490 e. The first-order valence-electron chi connectivity index (χ1n) is 13.2. The maximum atomic E-state index is 11.2. The van der Waals surface area contributed by atoms with Crippen LogP contribution in [0.3, 0.4) is 0 Å². The Bertz CT molecular complexity index is 1250. The van der Waals surface area contributed by atoms with Crippen molar-refractivity contribution in [1.82, 2.24) is 20.4 Å². The second-order valence-corrected chi connectivity index (χ2v) is 11.0. The second-order valence-electron chi connectivity index (χ2n) is 10.1. The Morgan fingerprint density at radius 3 is 2.64 bits per heavy atom. The van der Waals surface area contributed by atoms with Crippen molar-refractivity contribution < 1.29 is 24.3 Å². The van der Waals surface area contributed by atoms with Gasteiger partial charge >= 0.3 is 0 Å². The van der Waals surface area contributed by atoms with E-state index in [0.717, 1.165) is 35.3 Å². The molecule has 3 rings (SSSR count). The average molecular weight is 557 g/mol. The fourth-order valence-electron chi connectivity index (χ4n) is 4.42. The van der Waals surface area contributed by atoms with E-state index in [4.69, 9.17) is 14.4 Å². The van der Waals surface area contributed by atoms with Gasteiger partial charge in [-0.25, -0.2) is 0 Å². The number of nitrogens with one attached hydrogen (secondary N) is 1. The van der Waals surface area contributed by atoms with Gasteiger partial charge in [0.2, 0.25) is 11.7 Å². The molecule has 0 aliphatic carbocycles. The monoisotopic (exact) mass is 556 g/mol. The third kappa shape index (κ3) is 8.53. The van der Waals surface area contributed by atoms with E-state index in [1.807, 2.05) is 32.0 Å². The van der Waals surface area contributed by atoms with Crippen molar-refractivity contribution in [2.75, 3.05) is 39.6 Å². The molecule has 0 aliphatic rings. The molecule has 9 nitrogen and oxygen atoms in total. The molecule has 0 unspecified atom stereocenters. The first-order chi connectivity index (χ1) is 18.6. The number of aliphatic hydroxyl groups is 2. The summed E-state index contributed by atoms with van der Waals surface area (Å²) in [6.07, 6.45) is 1.88. The van der Waals surface area contributed by atoms with Crippen LogP contribution in [-0.4, -0.2) is 76.9 Å². The van der Waals surface area contributed by atoms with Crippen molar-refractivity contribution in [1.29, 1.82) is 0 Å². The number of amides is 1. The predicted octanol–water partition coefficient (Wildman–Crippen LogP) is 3.93. The Morgan fingerprint density at radius 2 is 1.97 bits per heavy atom. The summed E-state index contributed by atoms with van der Waals surface area (Å²) in [5, 5.41) is 25.6. The smallest absolute Gasteiger partial charge is 0.258 e. The highest BCUT2D eigenvalue weighted by molar-refractivity contribution is 7.98. The Labute approximate surface area is 235 Å². The maximum absolute atomic E-state index is 11.2. The number of aliphatic hydroxyl groups excluding tert-OH is 2. The summed E-state index contributed by atoms with van der Waals surface area (Å²) in [6.45, 7) is 9.70. The standard InChI is InChI=1S/C29H40N4O5S/c1-7-20-11-23(10-19(4)27(20)37-17-24(35)13-30-26(36)16-34)28-31-29(38-32-28)21-8-9-22(25(12-21)39-6)15-33(5)14-18(2)3/h8-12,18,24,34-35H,7,13-17H2,1-6H3,(H,30,36)/t24-/m0/s1. The zero-order valence-electron chi connectivity index (χ0n) is 23.7. The van der Waals surface area contributed by atoms with Crippen LogP contribution < -0.4 is 10.1 Å². The van der Waals surface area contributed by atoms with Gasteiger partial charge in [0.1, 0.15) is 25.1 Å². The van der Waals surface area contributed by atoms with Crippen molar-refractivity contribution in [3.63, 3.8) is 0 Å². The Hall–Kier alpha value is -2.92. The lowest BCUT2D eigenvalue weighted by atomic mass is 10.0. The van der Waals surface area contributed by atoms with E-state index in [9.17, 15) is 9.90 Å². The van der Waals surface area contributed by atoms with E-state index >= 15 is 0 Å².